The van der Waals surface area contributed by atoms with Crippen molar-refractivity contribution >= 4 is 11.9 Å². The van der Waals surface area contributed by atoms with Gasteiger partial charge in [-0.05, 0) is 19.4 Å². The molecule has 0 saturated heterocycles. The lowest BCUT2D eigenvalue weighted by Crippen LogP contribution is -2.47. The van der Waals surface area contributed by atoms with Gasteiger partial charge < -0.3 is 11.1 Å². The normalized spacial score (nSPS) is 24.9. The predicted molar refractivity (Wildman–Crippen MR) is 56.6 cm³/mol. The molecule has 0 aromatic carbocycles. The van der Waals surface area contributed by atoms with Crippen molar-refractivity contribution in [1.29, 1.82) is 0 Å². The minimum Gasteiger partial charge on any atom is -0.370 e. The average Bonchev–Trinajstić information content (AvgIpc) is 2.54. The molecule has 0 radical (unpaired) electrons. The van der Waals surface area contributed by atoms with Crippen molar-refractivity contribution in [1.82, 2.24) is 10.6 Å². The van der Waals surface area contributed by atoms with Gasteiger partial charge in [-0.3, -0.25) is 5.32 Å². The molecule has 2 aliphatic rings. The van der Waals surface area contributed by atoms with Gasteiger partial charge in [0.25, 0.3) is 0 Å². The minimum atomic E-state index is -0.121. The fraction of sp³-hybridized carbons (Fsp3) is 0.333. The third kappa shape index (κ3) is 1.93. The van der Waals surface area contributed by atoms with Crippen LogP contribution in [-0.2, 0) is 0 Å². The zero-order valence-electron chi connectivity index (χ0n) is 7.99. The molecule has 0 fully saturated rings. The second-order valence-corrected chi connectivity index (χ2v) is 3.17. The molecule has 0 aromatic rings. The van der Waals surface area contributed by atoms with Gasteiger partial charge in [-0.2, -0.15) is 0 Å². The topological polar surface area (TPSA) is 74.8 Å². The van der Waals surface area contributed by atoms with E-state index in [-0.39, 0.29) is 6.17 Å². The summed E-state index contributed by atoms with van der Waals surface area (Å²) in [6.45, 7) is 1.88. The molecule has 1 heterocycles. The number of hydrogen-bond donors (Lipinski definition) is 3. The minimum absolute atomic E-state index is 0.121. The van der Waals surface area contributed by atoms with Gasteiger partial charge in [0.05, 0.1) is 0 Å². The van der Waals surface area contributed by atoms with Crippen molar-refractivity contribution in [2.45, 2.75) is 19.5 Å². The first kappa shape index (κ1) is 8.80. The molecule has 1 aliphatic carbocycles. The van der Waals surface area contributed by atoms with Crippen molar-refractivity contribution in [3.8, 4) is 0 Å². The molecular weight excluding hydrogens is 178 g/mol. The Labute approximate surface area is 82.5 Å². The van der Waals surface area contributed by atoms with Gasteiger partial charge in [-0.25, -0.2) is 9.98 Å². The molecule has 0 amide bonds. The molecule has 1 aliphatic heterocycles. The summed E-state index contributed by atoms with van der Waals surface area (Å²) in [5.74, 6) is 1.06. The fourth-order valence-electron chi connectivity index (χ4n) is 1.35. The molecule has 4 N–H and O–H groups in total. The lowest BCUT2D eigenvalue weighted by Gasteiger charge is -2.17. The quantitative estimate of drug-likeness (QED) is 0.548. The van der Waals surface area contributed by atoms with Crippen LogP contribution < -0.4 is 16.4 Å². The van der Waals surface area contributed by atoms with Crippen LogP contribution in [0.1, 0.15) is 13.3 Å². The van der Waals surface area contributed by atoms with E-state index in [0.717, 1.165) is 12.1 Å². The van der Waals surface area contributed by atoms with Gasteiger partial charge in [0.15, 0.2) is 5.96 Å². The maximum atomic E-state index is 5.57. The van der Waals surface area contributed by atoms with Gasteiger partial charge in [-0.15, -0.1) is 0 Å². The van der Waals surface area contributed by atoms with Crippen molar-refractivity contribution in [3.05, 3.63) is 23.9 Å². The monoisotopic (exact) mass is 191 g/mol. The Morgan fingerprint density at radius 1 is 1.57 bits per heavy atom. The van der Waals surface area contributed by atoms with Crippen molar-refractivity contribution < 1.29 is 0 Å². The van der Waals surface area contributed by atoms with E-state index in [0.29, 0.717) is 11.9 Å². The third-order valence-electron chi connectivity index (χ3n) is 1.92. The molecule has 74 valence electrons. The fourth-order valence-corrected chi connectivity index (χ4v) is 1.35. The van der Waals surface area contributed by atoms with Crippen LogP contribution in [-0.4, -0.2) is 18.1 Å². The van der Waals surface area contributed by atoms with Crippen LogP contribution in [0, 0.1) is 0 Å². The SMILES string of the molecule is CC1N=C(N)NC(NC2=CCC=C2)=N1. The van der Waals surface area contributed by atoms with Crippen LogP contribution in [0.5, 0.6) is 0 Å². The molecule has 5 nitrogen and oxygen atoms in total. The van der Waals surface area contributed by atoms with Gasteiger partial charge in [0, 0.05) is 5.70 Å². The van der Waals surface area contributed by atoms with Gasteiger partial charge >= 0.3 is 0 Å². The second-order valence-electron chi connectivity index (χ2n) is 3.17. The number of aliphatic imine (C=N–C) groups is 2. The molecule has 2 rings (SSSR count). The molecule has 0 bridgehead atoms. The lowest BCUT2D eigenvalue weighted by atomic mass is 10.4. The van der Waals surface area contributed by atoms with Crippen molar-refractivity contribution in [2.75, 3.05) is 0 Å². The first-order valence-corrected chi connectivity index (χ1v) is 4.56. The molecule has 0 aromatic heterocycles. The Morgan fingerprint density at radius 2 is 2.43 bits per heavy atom. The number of allylic oxidation sites excluding steroid dienone is 3. The molecular formula is C9H13N5. The highest BCUT2D eigenvalue weighted by Crippen LogP contribution is 2.05. The van der Waals surface area contributed by atoms with E-state index in [4.69, 9.17) is 5.73 Å². The molecule has 5 heteroatoms. The van der Waals surface area contributed by atoms with Gasteiger partial charge in [0.1, 0.15) is 6.17 Å². The van der Waals surface area contributed by atoms with E-state index in [2.05, 4.69) is 32.8 Å². The van der Waals surface area contributed by atoms with Crippen LogP contribution in [0.4, 0.5) is 0 Å². The van der Waals surface area contributed by atoms with Crippen LogP contribution >= 0.6 is 0 Å². The maximum absolute atomic E-state index is 5.57. The number of nitrogens with one attached hydrogen (secondary N) is 2. The molecule has 0 saturated carbocycles. The lowest BCUT2D eigenvalue weighted by molar-refractivity contribution is 0.755. The highest BCUT2D eigenvalue weighted by atomic mass is 15.3. The van der Waals surface area contributed by atoms with Crippen LogP contribution in [0.3, 0.4) is 0 Å². The standard InChI is InChI=1S/C9H13N5/c1-6-11-8(10)14-9(12-6)13-7-4-2-3-5-7/h2,4-6H,3H2,1H3,(H4,10,11,12,13,14). The Hall–Kier alpha value is -1.78. The summed E-state index contributed by atoms with van der Waals surface area (Å²) in [6, 6.07) is 0. The van der Waals surface area contributed by atoms with E-state index < -0.39 is 0 Å². The molecule has 1 unspecified atom stereocenters. The highest BCUT2D eigenvalue weighted by molar-refractivity contribution is 6.00. The zero-order chi connectivity index (χ0) is 9.97. The number of nitrogens with zero attached hydrogens (tertiary/aromatic N) is 2. The van der Waals surface area contributed by atoms with Crippen LogP contribution in [0.15, 0.2) is 33.9 Å². The Kier molecular flexibility index (Phi) is 2.22. The summed E-state index contributed by atoms with van der Waals surface area (Å²) in [7, 11) is 0. The number of guanidine groups is 2. The van der Waals surface area contributed by atoms with Crippen molar-refractivity contribution in [3.63, 3.8) is 0 Å². The Bertz CT molecular complexity index is 350. The van der Waals surface area contributed by atoms with E-state index in [1.807, 2.05) is 13.0 Å². The predicted octanol–water partition coefficient (Wildman–Crippen LogP) is 0.0397. The molecule has 14 heavy (non-hydrogen) atoms. The van der Waals surface area contributed by atoms with E-state index in [9.17, 15) is 0 Å². The highest BCUT2D eigenvalue weighted by Gasteiger charge is 2.11. The number of rotatable bonds is 1. The third-order valence-corrected chi connectivity index (χ3v) is 1.92. The average molecular weight is 191 g/mol. The van der Waals surface area contributed by atoms with Gasteiger partial charge in [-0.1, -0.05) is 12.2 Å². The molecule has 0 spiro atoms. The van der Waals surface area contributed by atoms with E-state index >= 15 is 0 Å². The van der Waals surface area contributed by atoms with Gasteiger partial charge in [0.2, 0.25) is 5.96 Å². The summed E-state index contributed by atoms with van der Waals surface area (Å²) in [5.41, 5.74) is 6.61. The largest absolute Gasteiger partial charge is 0.370 e. The maximum Gasteiger partial charge on any atom is 0.204 e. The molecule has 1 atom stereocenters. The summed E-state index contributed by atoms with van der Waals surface area (Å²) >= 11 is 0. The number of hydrogen-bond acceptors (Lipinski definition) is 5. The smallest absolute Gasteiger partial charge is 0.204 e. The van der Waals surface area contributed by atoms with E-state index in [1.54, 1.807) is 0 Å². The summed E-state index contributed by atoms with van der Waals surface area (Å²) in [6.07, 6.45) is 7.01. The summed E-state index contributed by atoms with van der Waals surface area (Å²) in [4.78, 5) is 8.27. The zero-order valence-corrected chi connectivity index (χ0v) is 7.99. The summed E-state index contributed by atoms with van der Waals surface area (Å²) < 4.78 is 0. The first-order chi connectivity index (χ1) is 6.74. The van der Waals surface area contributed by atoms with Crippen molar-refractivity contribution in [2.24, 2.45) is 15.7 Å². The van der Waals surface area contributed by atoms with Crippen LogP contribution in [0.2, 0.25) is 0 Å². The Balaban J connectivity index is 2.02. The first-order valence-electron chi connectivity index (χ1n) is 4.56. The Morgan fingerprint density at radius 3 is 3.07 bits per heavy atom. The van der Waals surface area contributed by atoms with Crippen LogP contribution in [0.25, 0.3) is 0 Å². The number of nitrogens with two attached hydrogens (primary N) is 1. The van der Waals surface area contributed by atoms with E-state index in [1.165, 1.54) is 0 Å². The summed E-state index contributed by atoms with van der Waals surface area (Å²) in [5, 5.41) is 6.00. The second kappa shape index (κ2) is 3.53.